The predicted octanol–water partition coefficient (Wildman–Crippen LogP) is 2.09. The zero-order valence-electron chi connectivity index (χ0n) is 8.70. The maximum Gasteiger partial charge on any atom is 0.115 e. The third-order valence-electron chi connectivity index (χ3n) is 3.56. The first kappa shape index (κ1) is 9.53. The Hall–Kier alpha value is -1.02. The minimum absolute atomic E-state index is 0.325. The molecular weight excluding hydrogens is 174 g/mol. The van der Waals surface area contributed by atoms with Crippen LogP contribution in [0.25, 0.3) is 0 Å². The lowest BCUT2D eigenvalue weighted by Crippen LogP contribution is -2.05. The van der Waals surface area contributed by atoms with Gasteiger partial charge in [0.15, 0.2) is 0 Å². The van der Waals surface area contributed by atoms with Gasteiger partial charge in [-0.3, -0.25) is 0 Å². The molecule has 1 aliphatic rings. The molecule has 0 amide bonds. The van der Waals surface area contributed by atoms with E-state index in [0.717, 1.165) is 6.54 Å². The highest BCUT2D eigenvalue weighted by Crippen LogP contribution is 2.63. The molecule has 0 saturated heterocycles. The lowest BCUT2D eigenvalue weighted by Gasteiger charge is -2.02. The standard InChI is InChI=1S/C12H17NO/c1-12(2)10(7-13)11(12)8-3-5-9(14)6-4-8/h3-6,10-11,14H,7,13H2,1-2H3. The average Bonchev–Trinajstić information content (AvgIpc) is 2.69. The molecule has 0 aliphatic heterocycles. The van der Waals surface area contributed by atoms with E-state index >= 15 is 0 Å². The van der Waals surface area contributed by atoms with Crippen molar-refractivity contribution in [1.82, 2.24) is 0 Å². The second-order valence-corrected chi connectivity index (χ2v) is 4.73. The number of phenols is 1. The molecule has 2 atom stereocenters. The van der Waals surface area contributed by atoms with Gasteiger partial charge in [-0.05, 0) is 41.5 Å². The fourth-order valence-electron chi connectivity index (χ4n) is 2.53. The molecule has 2 heteroatoms. The van der Waals surface area contributed by atoms with Gasteiger partial charge in [0.25, 0.3) is 0 Å². The van der Waals surface area contributed by atoms with Crippen LogP contribution in [0.1, 0.15) is 25.3 Å². The fourth-order valence-corrected chi connectivity index (χ4v) is 2.53. The Morgan fingerprint density at radius 2 is 1.86 bits per heavy atom. The van der Waals surface area contributed by atoms with Crippen molar-refractivity contribution in [3.63, 3.8) is 0 Å². The molecule has 3 N–H and O–H groups in total. The molecule has 0 radical (unpaired) electrons. The summed E-state index contributed by atoms with van der Waals surface area (Å²) < 4.78 is 0. The molecule has 76 valence electrons. The third-order valence-corrected chi connectivity index (χ3v) is 3.56. The first-order valence-electron chi connectivity index (χ1n) is 5.06. The number of aromatic hydroxyl groups is 1. The largest absolute Gasteiger partial charge is 0.508 e. The molecule has 2 rings (SSSR count). The SMILES string of the molecule is CC1(C)C(CN)C1c1ccc(O)cc1. The molecule has 1 aromatic rings. The van der Waals surface area contributed by atoms with E-state index in [0.29, 0.717) is 23.0 Å². The summed E-state index contributed by atoms with van der Waals surface area (Å²) in [5.74, 6) is 1.48. The maximum atomic E-state index is 9.19. The molecule has 2 unspecified atom stereocenters. The van der Waals surface area contributed by atoms with Crippen molar-refractivity contribution in [2.24, 2.45) is 17.1 Å². The van der Waals surface area contributed by atoms with Gasteiger partial charge in [-0.15, -0.1) is 0 Å². The topological polar surface area (TPSA) is 46.2 Å². The van der Waals surface area contributed by atoms with E-state index in [4.69, 9.17) is 5.73 Å². The summed E-state index contributed by atoms with van der Waals surface area (Å²) in [6.07, 6.45) is 0. The smallest absolute Gasteiger partial charge is 0.115 e. The van der Waals surface area contributed by atoms with Crippen molar-refractivity contribution in [1.29, 1.82) is 0 Å². The van der Waals surface area contributed by atoms with Gasteiger partial charge in [-0.2, -0.15) is 0 Å². The normalized spacial score (nSPS) is 28.8. The molecule has 1 saturated carbocycles. The first-order chi connectivity index (χ1) is 6.57. The Kier molecular flexibility index (Phi) is 2.04. The Morgan fingerprint density at radius 3 is 2.29 bits per heavy atom. The van der Waals surface area contributed by atoms with Gasteiger partial charge < -0.3 is 10.8 Å². The second-order valence-electron chi connectivity index (χ2n) is 4.73. The molecule has 0 heterocycles. The number of benzene rings is 1. The summed E-state index contributed by atoms with van der Waals surface area (Å²) in [6.45, 7) is 5.25. The Bertz CT molecular complexity index is 329. The van der Waals surface area contributed by atoms with Crippen molar-refractivity contribution in [2.45, 2.75) is 19.8 Å². The molecule has 0 bridgehead atoms. The quantitative estimate of drug-likeness (QED) is 0.752. The highest BCUT2D eigenvalue weighted by molar-refractivity contribution is 5.35. The minimum Gasteiger partial charge on any atom is -0.508 e. The summed E-state index contributed by atoms with van der Waals surface area (Å²) >= 11 is 0. The number of nitrogens with two attached hydrogens (primary N) is 1. The third kappa shape index (κ3) is 1.30. The lowest BCUT2D eigenvalue weighted by molar-refractivity contribution is 0.475. The van der Waals surface area contributed by atoms with Crippen LogP contribution in [0.4, 0.5) is 0 Å². The first-order valence-corrected chi connectivity index (χ1v) is 5.06. The van der Waals surface area contributed by atoms with Crippen LogP contribution in [-0.2, 0) is 0 Å². The van der Waals surface area contributed by atoms with Gasteiger partial charge >= 0.3 is 0 Å². The summed E-state index contributed by atoms with van der Waals surface area (Å²) in [5.41, 5.74) is 7.34. The van der Waals surface area contributed by atoms with E-state index in [1.807, 2.05) is 12.1 Å². The van der Waals surface area contributed by atoms with Crippen LogP contribution >= 0.6 is 0 Å². The fraction of sp³-hybridized carbons (Fsp3) is 0.500. The molecular formula is C12H17NO. The Morgan fingerprint density at radius 1 is 1.29 bits per heavy atom. The molecule has 0 spiro atoms. The Labute approximate surface area is 84.7 Å². The van der Waals surface area contributed by atoms with Crippen LogP contribution in [0.2, 0.25) is 0 Å². The van der Waals surface area contributed by atoms with Crippen LogP contribution in [0.3, 0.4) is 0 Å². The summed E-state index contributed by atoms with van der Waals surface area (Å²) in [4.78, 5) is 0. The van der Waals surface area contributed by atoms with Crippen molar-refractivity contribution >= 4 is 0 Å². The predicted molar refractivity (Wildman–Crippen MR) is 57.2 cm³/mol. The van der Waals surface area contributed by atoms with Crippen LogP contribution < -0.4 is 5.73 Å². The van der Waals surface area contributed by atoms with Gasteiger partial charge in [0.2, 0.25) is 0 Å². The van der Waals surface area contributed by atoms with E-state index < -0.39 is 0 Å². The van der Waals surface area contributed by atoms with Gasteiger partial charge in [-0.25, -0.2) is 0 Å². The molecule has 1 fully saturated rings. The van der Waals surface area contributed by atoms with E-state index in [9.17, 15) is 5.11 Å². The zero-order valence-corrected chi connectivity index (χ0v) is 8.70. The molecule has 14 heavy (non-hydrogen) atoms. The molecule has 1 aliphatic carbocycles. The molecule has 2 nitrogen and oxygen atoms in total. The monoisotopic (exact) mass is 191 g/mol. The van der Waals surface area contributed by atoms with E-state index in [1.54, 1.807) is 12.1 Å². The number of rotatable bonds is 2. The van der Waals surface area contributed by atoms with Gasteiger partial charge in [-0.1, -0.05) is 26.0 Å². The molecule has 1 aromatic carbocycles. The van der Waals surface area contributed by atoms with E-state index in [2.05, 4.69) is 13.8 Å². The number of hydrogen-bond acceptors (Lipinski definition) is 2. The van der Waals surface area contributed by atoms with Gasteiger partial charge in [0.05, 0.1) is 0 Å². The number of phenolic OH excluding ortho intramolecular Hbond substituents is 1. The highest BCUT2D eigenvalue weighted by Gasteiger charge is 2.56. The van der Waals surface area contributed by atoms with Crippen molar-refractivity contribution < 1.29 is 5.11 Å². The lowest BCUT2D eigenvalue weighted by atomic mass is 10.0. The minimum atomic E-state index is 0.325. The van der Waals surface area contributed by atoms with Crippen LogP contribution in [0.15, 0.2) is 24.3 Å². The molecule has 0 aromatic heterocycles. The summed E-state index contributed by atoms with van der Waals surface area (Å²) in [7, 11) is 0. The van der Waals surface area contributed by atoms with Gasteiger partial charge in [0, 0.05) is 0 Å². The number of hydrogen-bond donors (Lipinski definition) is 2. The maximum absolute atomic E-state index is 9.19. The van der Waals surface area contributed by atoms with E-state index in [-0.39, 0.29) is 0 Å². The van der Waals surface area contributed by atoms with Crippen molar-refractivity contribution in [3.8, 4) is 5.75 Å². The van der Waals surface area contributed by atoms with Crippen molar-refractivity contribution in [2.75, 3.05) is 6.54 Å². The highest BCUT2D eigenvalue weighted by atomic mass is 16.3. The van der Waals surface area contributed by atoms with Crippen LogP contribution in [0.5, 0.6) is 5.75 Å². The summed E-state index contributed by atoms with van der Waals surface area (Å²) in [5, 5.41) is 9.19. The van der Waals surface area contributed by atoms with E-state index in [1.165, 1.54) is 5.56 Å². The van der Waals surface area contributed by atoms with Crippen molar-refractivity contribution in [3.05, 3.63) is 29.8 Å². The summed E-state index contributed by atoms with van der Waals surface area (Å²) in [6, 6.07) is 7.49. The zero-order chi connectivity index (χ0) is 10.3. The van der Waals surface area contributed by atoms with Gasteiger partial charge in [0.1, 0.15) is 5.75 Å². The Balaban J connectivity index is 2.22. The van der Waals surface area contributed by atoms with Crippen LogP contribution in [-0.4, -0.2) is 11.7 Å². The second kappa shape index (κ2) is 2.99. The van der Waals surface area contributed by atoms with Crippen LogP contribution in [0, 0.1) is 11.3 Å². The average molecular weight is 191 g/mol.